The standard InChI is InChI=1S/C26H31ClFN5O3/c1-35-23-8-5-19(15-30-22-17-31-32-26(34)25(22)27)14-24(23)36-12-2-10-33-11-9-29-16-21(33)13-18-3-6-20(28)7-4-18/h3-8,14,17,21,29H,2,9-13,15-16H2,1H3,(H2,30,32,34). The predicted octanol–water partition coefficient (Wildman–Crippen LogP) is 3.47. The Bertz CT molecular complexity index is 1190. The number of aromatic nitrogens is 2. The number of hydrogen-bond donors (Lipinski definition) is 3. The summed E-state index contributed by atoms with van der Waals surface area (Å²) in [4.78, 5) is 14.1. The van der Waals surface area contributed by atoms with E-state index in [0.29, 0.717) is 36.4 Å². The van der Waals surface area contributed by atoms with Gasteiger partial charge in [0.25, 0.3) is 5.56 Å². The maximum absolute atomic E-state index is 13.2. The smallest absolute Gasteiger partial charge is 0.285 e. The lowest BCUT2D eigenvalue weighted by Crippen LogP contribution is -2.52. The Labute approximate surface area is 214 Å². The number of nitrogens with zero attached hydrogens (tertiary/aromatic N) is 2. The monoisotopic (exact) mass is 515 g/mol. The Kier molecular flexibility index (Phi) is 9.16. The molecule has 1 saturated heterocycles. The number of ether oxygens (including phenoxy) is 2. The molecule has 0 amide bonds. The number of anilines is 1. The second-order valence-electron chi connectivity index (χ2n) is 8.69. The average molecular weight is 516 g/mol. The van der Waals surface area contributed by atoms with E-state index in [9.17, 15) is 9.18 Å². The molecule has 0 radical (unpaired) electrons. The molecule has 0 spiro atoms. The SMILES string of the molecule is COc1ccc(CNc2cn[nH]c(=O)c2Cl)cc1OCCCN1CCNCC1Cc1ccc(F)cc1. The molecule has 3 aromatic rings. The van der Waals surface area contributed by atoms with E-state index in [2.05, 4.69) is 25.7 Å². The van der Waals surface area contributed by atoms with Crippen LogP contribution in [0.4, 0.5) is 10.1 Å². The van der Waals surface area contributed by atoms with Crippen molar-refractivity contribution in [2.45, 2.75) is 25.4 Å². The average Bonchev–Trinajstić information content (AvgIpc) is 2.89. The Morgan fingerprint density at radius 3 is 2.81 bits per heavy atom. The number of benzene rings is 2. The summed E-state index contributed by atoms with van der Waals surface area (Å²) in [5.74, 6) is 1.11. The molecule has 0 aliphatic carbocycles. The van der Waals surface area contributed by atoms with Crippen LogP contribution < -0.4 is 25.7 Å². The van der Waals surface area contributed by atoms with Crippen LogP contribution in [0.5, 0.6) is 11.5 Å². The van der Waals surface area contributed by atoms with Crippen molar-refractivity contribution in [2.75, 3.05) is 45.2 Å². The summed E-state index contributed by atoms with van der Waals surface area (Å²) in [6.45, 7) is 4.73. The Morgan fingerprint density at radius 2 is 2.00 bits per heavy atom. The van der Waals surface area contributed by atoms with Crippen molar-refractivity contribution in [2.24, 2.45) is 0 Å². The van der Waals surface area contributed by atoms with E-state index < -0.39 is 5.56 Å². The molecule has 0 bridgehead atoms. The van der Waals surface area contributed by atoms with Crippen molar-refractivity contribution in [1.82, 2.24) is 20.4 Å². The Hall–Kier alpha value is -3.14. The van der Waals surface area contributed by atoms with Gasteiger partial charge in [-0.2, -0.15) is 5.10 Å². The number of halogens is 2. The van der Waals surface area contributed by atoms with Gasteiger partial charge < -0.3 is 20.1 Å². The molecule has 1 unspecified atom stereocenters. The molecule has 4 rings (SSSR count). The summed E-state index contributed by atoms with van der Waals surface area (Å²) in [7, 11) is 1.61. The van der Waals surface area contributed by atoms with E-state index in [4.69, 9.17) is 21.1 Å². The topological polar surface area (TPSA) is 91.5 Å². The molecule has 3 N–H and O–H groups in total. The van der Waals surface area contributed by atoms with Gasteiger partial charge in [-0.05, 0) is 48.2 Å². The first kappa shape index (κ1) is 25.9. The summed E-state index contributed by atoms with van der Waals surface area (Å²) in [6, 6.07) is 12.8. The summed E-state index contributed by atoms with van der Waals surface area (Å²) in [5.41, 5.74) is 2.11. The molecule has 1 aromatic heterocycles. The molecule has 1 aliphatic heterocycles. The lowest BCUT2D eigenvalue weighted by molar-refractivity contribution is 0.147. The molecule has 2 aromatic carbocycles. The second kappa shape index (κ2) is 12.7. The molecule has 36 heavy (non-hydrogen) atoms. The van der Waals surface area contributed by atoms with Gasteiger partial charge in [-0.3, -0.25) is 9.69 Å². The largest absolute Gasteiger partial charge is 0.493 e. The van der Waals surface area contributed by atoms with Crippen molar-refractivity contribution >= 4 is 17.3 Å². The van der Waals surface area contributed by atoms with Crippen LogP contribution in [0.1, 0.15) is 17.5 Å². The lowest BCUT2D eigenvalue weighted by atomic mass is 10.0. The van der Waals surface area contributed by atoms with Crippen LogP contribution in [-0.2, 0) is 13.0 Å². The van der Waals surface area contributed by atoms with Crippen LogP contribution >= 0.6 is 11.6 Å². The maximum atomic E-state index is 13.2. The first-order chi connectivity index (χ1) is 17.5. The number of methoxy groups -OCH3 is 1. The predicted molar refractivity (Wildman–Crippen MR) is 139 cm³/mol. The van der Waals surface area contributed by atoms with Crippen molar-refractivity contribution < 1.29 is 13.9 Å². The maximum Gasteiger partial charge on any atom is 0.285 e. The van der Waals surface area contributed by atoms with Crippen molar-refractivity contribution in [3.05, 3.63) is 81.0 Å². The van der Waals surface area contributed by atoms with Crippen molar-refractivity contribution in [3.63, 3.8) is 0 Å². The molecule has 2 heterocycles. The highest BCUT2D eigenvalue weighted by Gasteiger charge is 2.22. The van der Waals surface area contributed by atoms with Gasteiger partial charge >= 0.3 is 0 Å². The fourth-order valence-electron chi connectivity index (χ4n) is 4.29. The van der Waals surface area contributed by atoms with Crippen LogP contribution in [0, 0.1) is 5.82 Å². The Balaban J connectivity index is 1.30. The summed E-state index contributed by atoms with van der Waals surface area (Å²) in [6.07, 6.45) is 3.22. The number of hydrogen-bond acceptors (Lipinski definition) is 7. The molecule has 1 fully saturated rings. The molecule has 192 valence electrons. The van der Waals surface area contributed by atoms with Gasteiger partial charge in [0.1, 0.15) is 10.8 Å². The van der Waals surface area contributed by atoms with Gasteiger partial charge in [-0.15, -0.1) is 0 Å². The van der Waals surface area contributed by atoms with Gasteiger partial charge in [0.15, 0.2) is 11.5 Å². The summed E-state index contributed by atoms with van der Waals surface area (Å²) >= 11 is 6.03. The number of rotatable bonds is 11. The minimum atomic E-state index is -0.440. The van der Waals surface area contributed by atoms with Crippen LogP contribution in [-0.4, -0.2) is 61.0 Å². The first-order valence-corrected chi connectivity index (χ1v) is 12.4. The van der Waals surface area contributed by atoms with Gasteiger partial charge in [0, 0.05) is 38.8 Å². The first-order valence-electron chi connectivity index (χ1n) is 12.0. The number of piperazine rings is 1. The van der Waals surface area contributed by atoms with E-state index in [1.54, 1.807) is 7.11 Å². The lowest BCUT2D eigenvalue weighted by Gasteiger charge is -2.36. The molecule has 8 nitrogen and oxygen atoms in total. The van der Waals surface area contributed by atoms with Crippen LogP contribution in [0.2, 0.25) is 5.02 Å². The third-order valence-corrected chi connectivity index (χ3v) is 6.59. The van der Waals surface area contributed by atoms with Gasteiger partial charge in [-0.25, -0.2) is 9.49 Å². The van der Waals surface area contributed by atoms with Crippen LogP contribution in [0.3, 0.4) is 0 Å². The van der Waals surface area contributed by atoms with E-state index in [1.165, 1.54) is 18.3 Å². The Morgan fingerprint density at radius 1 is 1.19 bits per heavy atom. The molecule has 10 heteroatoms. The van der Waals surface area contributed by atoms with Crippen molar-refractivity contribution in [1.29, 1.82) is 0 Å². The summed E-state index contributed by atoms with van der Waals surface area (Å²) < 4.78 is 24.8. The number of H-pyrrole nitrogens is 1. The number of aromatic amines is 1. The molecule has 1 aliphatic rings. The quantitative estimate of drug-likeness (QED) is 0.337. The second-order valence-corrected chi connectivity index (χ2v) is 9.07. The van der Waals surface area contributed by atoms with E-state index >= 15 is 0 Å². The zero-order valence-corrected chi connectivity index (χ0v) is 21.0. The third kappa shape index (κ3) is 6.96. The molecule has 0 saturated carbocycles. The minimum Gasteiger partial charge on any atom is -0.493 e. The third-order valence-electron chi connectivity index (χ3n) is 6.21. The van der Waals surface area contributed by atoms with Crippen LogP contribution in [0.15, 0.2) is 53.5 Å². The zero-order valence-electron chi connectivity index (χ0n) is 20.2. The molecular formula is C26H31ClFN5O3. The van der Waals surface area contributed by atoms with Crippen molar-refractivity contribution in [3.8, 4) is 11.5 Å². The molecular weight excluding hydrogens is 485 g/mol. The van der Waals surface area contributed by atoms with E-state index in [-0.39, 0.29) is 10.8 Å². The van der Waals surface area contributed by atoms with Crippen LogP contribution in [0.25, 0.3) is 0 Å². The highest BCUT2D eigenvalue weighted by atomic mass is 35.5. The normalized spacial score (nSPS) is 16.0. The van der Waals surface area contributed by atoms with E-state index in [1.807, 2.05) is 30.3 Å². The van der Waals surface area contributed by atoms with Gasteiger partial charge in [-0.1, -0.05) is 29.8 Å². The highest BCUT2D eigenvalue weighted by molar-refractivity contribution is 6.32. The molecule has 1 atom stereocenters. The minimum absolute atomic E-state index is 0.0700. The fraction of sp³-hybridized carbons (Fsp3) is 0.385. The van der Waals surface area contributed by atoms with Gasteiger partial charge in [0.2, 0.25) is 0 Å². The summed E-state index contributed by atoms with van der Waals surface area (Å²) in [5, 5.41) is 12.7. The fourth-order valence-corrected chi connectivity index (χ4v) is 4.45. The van der Waals surface area contributed by atoms with Gasteiger partial charge in [0.05, 0.1) is 25.6 Å². The zero-order chi connectivity index (χ0) is 25.3. The highest BCUT2D eigenvalue weighted by Crippen LogP contribution is 2.29. The number of nitrogens with one attached hydrogen (secondary N) is 3. The van der Waals surface area contributed by atoms with E-state index in [0.717, 1.165) is 50.1 Å².